The molecule has 0 aromatic heterocycles. The van der Waals surface area contributed by atoms with E-state index in [2.05, 4.69) is 13.2 Å². The van der Waals surface area contributed by atoms with Crippen LogP contribution in [-0.2, 0) is 0 Å². The van der Waals surface area contributed by atoms with Crippen molar-refractivity contribution in [3.8, 4) is 0 Å². The fourth-order valence-corrected chi connectivity index (χ4v) is 0.955. The van der Waals surface area contributed by atoms with Gasteiger partial charge in [0.25, 0.3) is 0 Å². The summed E-state index contributed by atoms with van der Waals surface area (Å²) in [7, 11) is 0. The van der Waals surface area contributed by atoms with Crippen molar-refractivity contribution < 1.29 is 26.3 Å². The fraction of sp³-hybridized carbons (Fsp3) is 0.429. The van der Waals surface area contributed by atoms with E-state index in [9.17, 15) is 26.3 Å². The lowest BCUT2D eigenvalue weighted by molar-refractivity contribution is -0.257. The molecule has 74 valence electrons. The molecule has 1 saturated carbocycles. The van der Waals surface area contributed by atoms with Crippen molar-refractivity contribution in [1.29, 1.82) is 0 Å². The van der Waals surface area contributed by atoms with Gasteiger partial charge in [-0.3, -0.25) is 0 Å². The molecule has 0 amide bonds. The number of rotatable bonds is 0. The number of alkyl halides is 6. The van der Waals surface area contributed by atoms with Crippen LogP contribution in [0.3, 0.4) is 0 Å². The summed E-state index contributed by atoms with van der Waals surface area (Å²) < 4.78 is 74.6. The van der Waals surface area contributed by atoms with Crippen LogP contribution in [0.25, 0.3) is 0 Å². The van der Waals surface area contributed by atoms with Crippen LogP contribution >= 0.6 is 0 Å². The summed E-state index contributed by atoms with van der Waals surface area (Å²) in [4.78, 5) is 0. The van der Waals surface area contributed by atoms with Gasteiger partial charge in [-0.2, -0.15) is 26.3 Å². The Morgan fingerprint density at radius 3 is 1.00 bits per heavy atom. The van der Waals surface area contributed by atoms with Crippen LogP contribution < -0.4 is 0 Å². The first kappa shape index (κ1) is 10.1. The monoisotopic (exact) mass is 202 g/mol. The van der Waals surface area contributed by atoms with Crippen molar-refractivity contribution >= 4 is 0 Å². The highest BCUT2D eigenvalue weighted by Crippen LogP contribution is 2.60. The van der Waals surface area contributed by atoms with E-state index in [1.165, 1.54) is 0 Å². The molecule has 0 bridgehead atoms. The highest BCUT2D eigenvalue weighted by Gasteiger charge is 2.80. The van der Waals surface area contributed by atoms with Crippen LogP contribution in [0.1, 0.15) is 0 Å². The van der Waals surface area contributed by atoms with Gasteiger partial charge in [0.1, 0.15) is 0 Å². The van der Waals surface area contributed by atoms with Crippen molar-refractivity contribution in [1.82, 2.24) is 0 Å². The lowest BCUT2D eigenvalue weighted by Gasteiger charge is -2.22. The van der Waals surface area contributed by atoms with E-state index >= 15 is 0 Å². The number of hydrogen-bond donors (Lipinski definition) is 0. The minimum atomic E-state index is -5.44. The van der Waals surface area contributed by atoms with Gasteiger partial charge in [-0.25, -0.2) is 0 Å². The summed E-state index contributed by atoms with van der Waals surface area (Å²) in [6.07, 6.45) is 0. The van der Waals surface area contributed by atoms with Crippen molar-refractivity contribution in [2.75, 3.05) is 0 Å². The van der Waals surface area contributed by atoms with Crippen molar-refractivity contribution in [3.05, 3.63) is 24.3 Å². The van der Waals surface area contributed by atoms with Gasteiger partial charge in [-0.1, -0.05) is 13.2 Å². The average molecular weight is 202 g/mol. The van der Waals surface area contributed by atoms with Gasteiger partial charge in [-0.15, -0.1) is 0 Å². The van der Waals surface area contributed by atoms with Gasteiger partial charge in [0.05, 0.1) is 0 Å². The van der Waals surface area contributed by atoms with Gasteiger partial charge < -0.3 is 0 Å². The Labute approximate surface area is 69.5 Å². The molecule has 0 aromatic rings. The molecule has 0 atom stereocenters. The SMILES string of the molecule is C=C1C(=C)C(F)(F)C(F)(F)C1(F)F. The molecule has 0 heterocycles. The zero-order valence-corrected chi connectivity index (χ0v) is 6.18. The summed E-state index contributed by atoms with van der Waals surface area (Å²) in [5.74, 6) is -15.3. The minimum Gasteiger partial charge on any atom is -0.194 e. The van der Waals surface area contributed by atoms with Gasteiger partial charge in [0.2, 0.25) is 0 Å². The molecule has 0 unspecified atom stereocenters. The molecular formula is C7H4F6. The number of halogens is 6. The van der Waals surface area contributed by atoms with Gasteiger partial charge in [0.15, 0.2) is 0 Å². The summed E-state index contributed by atoms with van der Waals surface area (Å²) in [5, 5.41) is 0. The second-order valence-corrected chi connectivity index (χ2v) is 2.68. The van der Waals surface area contributed by atoms with E-state index in [0.717, 1.165) is 0 Å². The topological polar surface area (TPSA) is 0 Å². The molecule has 0 spiro atoms. The average Bonchev–Trinajstić information content (AvgIpc) is 2.05. The van der Waals surface area contributed by atoms with Crippen LogP contribution in [0.5, 0.6) is 0 Å². The summed E-state index contributed by atoms with van der Waals surface area (Å²) in [5.41, 5.74) is -3.22. The molecule has 0 aromatic carbocycles. The number of allylic oxidation sites excluding steroid dienone is 2. The lowest BCUT2D eigenvalue weighted by Crippen LogP contribution is -2.46. The highest BCUT2D eigenvalue weighted by atomic mass is 19.3. The largest absolute Gasteiger partial charge is 0.380 e. The highest BCUT2D eigenvalue weighted by molar-refractivity contribution is 5.48. The fourth-order valence-electron chi connectivity index (χ4n) is 0.955. The van der Waals surface area contributed by atoms with Crippen LogP contribution in [0, 0.1) is 0 Å². The predicted octanol–water partition coefficient (Wildman–Crippen LogP) is 3.02. The Morgan fingerprint density at radius 2 is 0.923 bits per heavy atom. The summed E-state index contributed by atoms with van der Waals surface area (Å²) >= 11 is 0. The molecule has 6 heteroatoms. The zero-order valence-electron chi connectivity index (χ0n) is 6.18. The zero-order chi connectivity index (χ0) is 10.7. The van der Waals surface area contributed by atoms with Crippen molar-refractivity contribution in [2.24, 2.45) is 0 Å². The standard InChI is InChI=1S/C7H4F6/c1-3-4(2)6(10,11)7(12,13)5(3,8)9/h1-2H2. The van der Waals surface area contributed by atoms with E-state index < -0.39 is 28.9 Å². The maximum absolute atomic E-state index is 12.5. The van der Waals surface area contributed by atoms with Crippen LogP contribution in [0.2, 0.25) is 0 Å². The Hall–Kier alpha value is -0.940. The molecule has 0 N–H and O–H groups in total. The Kier molecular flexibility index (Phi) is 1.64. The molecular weight excluding hydrogens is 198 g/mol. The maximum atomic E-state index is 12.5. The van der Waals surface area contributed by atoms with E-state index in [0.29, 0.717) is 0 Å². The first-order valence-electron chi connectivity index (χ1n) is 3.09. The Morgan fingerprint density at radius 1 is 0.692 bits per heavy atom. The molecule has 0 radical (unpaired) electrons. The third kappa shape index (κ3) is 0.831. The smallest absolute Gasteiger partial charge is 0.194 e. The minimum absolute atomic E-state index is 1.61. The molecule has 1 aliphatic rings. The first-order valence-corrected chi connectivity index (χ1v) is 3.09. The van der Waals surface area contributed by atoms with E-state index in [-0.39, 0.29) is 0 Å². The van der Waals surface area contributed by atoms with Gasteiger partial charge in [0, 0.05) is 11.1 Å². The van der Waals surface area contributed by atoms with Crippen LogP contribution in [0.4, 0.5) is 26.3 Å². The van der Waals surface area contributed by atoms with E-state index in [4.69, 9.17) is 0 Å². The second kappa shape index (κ2) is 2.10. The third-order valence-electron chi connectivity index (χ3n) is 1.91. The molecule has 1 aliphatic carbocycles. The molecule has 0 nitrogen and oxygen atoms in total. The van der Waals surface area contributed by atoms with Crippen LogP contribution in [0.15, 0.2) is 24.3 Å². The molecule has 0 saturated heterocycles. The number of hydrogen-bond acceptors (Lipinski definition) is 0. The molecule has 0 aliphatic heterocycles. The van der Waals surface area contributed by atoms with Crippen molar-refractivity contribution in [2.45, 2.75) is 17.8 Å². The van der Waals surface area contributed by atoms with Gasteiger partial charge in [-0.05, 0) is 0 Å². The Balaban J connectivity index is 3.40. The Bertz CT molecular complexity index is 259. The predicted molar refractivity (Wildman–Crippen MR) is 33.1 cm³/mol. The van der Waals surface area contributed by atoms with E-state index in [1.807, 2.05) is 0 Å². The second-order valence-electron chi connectivity index (χ2n) is 2.68. The third-order valence-corrected chi connectivity index (χ3v) is 1.91. The normalized spacial score (nSPS) is 29.4. The molecule has 13 heavy (non-hydrogen) atoms. The van der Waals surface area contributed by atoms with Gasteiger partial charge >= 0.3 is 17.8 Å². The van der Waals surface area contributed by atoms with Crippen molar-refractivity contribution in [3.63, 3.8) is 0 Å². The lowest BCUT2D eigenvalue weighted by atomic mass is 10.1. The quantitative estimate of drug-likeness (QED) is 0.529. The van der Waals surface area contributed by atoms with Crippen LogP contribution in [-0.4, -0.2) is 17.8 Å². The first-order chi connectivity index (χ1) is 5.57. The summed E-state index contributed by atoms with van der Waals surface area (Å²) in [6, 6.07) is 0. The molecule has 1 rings (SSSR count). The molecule has 1 fully saturated rings. The van der Waals surface area contributed by atoms with E-state index in [1.54, 1.807) is 0 Å². The summed E-state index contributed by atoms with van der Waals surface area (Å²) in [6.45, 7) is 4.94. The maximum Gasteiger partial charge on any atom is 0.380 e.